The molecular weight excluding hydrogens is 532 g/mol. The third-order valence-corrected chi connectivity index (χ3v) is 10.7. The van der Waals surface area contributed by atoms with E-state index in [0.717, 1.165) is 0 Å². The number of carbonyl (C=O) groups excluding carboxylic acids is 2. The normalized spacial score (nSPS) is 21.5. The summed E-state index contributed by atoms with van der Waals surface area (Å²) in [5.74, 6) is -0.752. The second-order valence-corrected chi connectivity index (χ2v) is 14.6. The highest BCUT2D eigenvalue weighted by atomic mass is 32.2. The van der Waals surface area contributed by atoms with Crippen LogP contribution >= 0.6 is 0 Å². The van der Waals surface area contributed by atoms with Crippen molar-refractivity contribution in [2.24, 2.45) is 5.92 Å². The molecule has 1 N–H and O–H groups in total. The molecule has 2 amide bonds. The third-order valence-electron chi connectivity index (χ3n) is 6.75. The number of ether oxygens (including phenoxy) is 1. The standard InChI is InChI=1S/C25H40N4O7S2/c1-6-28(7-2)37(32,33)21-10-12-22(13-11-21)38(34,35)29-15-8-9-19(17-29)23(30)26-20-14-16-27(18-20)24(31)36-25(3,4)5/h10-13,19-20H,6-9,14-18H2,1-5H3,(H,26,30)/t19-,20+/m1/s1. The Morgan fingerprint density at radius 1 is 0.974 bits per heavy atom. The molecule has 0 spiro atoms. The van der Waals surface area contributed by atoms with Crippen LogP contribution in [0.4, 0.5) is 4.79 Å². The van der Waals surface area contributed by atoms with Gasteiger partial charge in [-0.25, -0.2) is 21.6 Å². The van der Waals surface area contributed by atoms with E-state index >= 15 is 0 Å². The third kappa shape index (κ3) is 7.04. The topological polar surface area (TPSA) is 133 Å². The molecule has 0 radical (unpaired) electrons. The molecule has 0 saturated carbocycles. The number of likely N-dealkylation sites (tertiary alicyclic amines) is 1. The van der Waals surface area contributed by atoms with Gasteiger partial charge in [0.1, 0.15) is 5.60 Å². The molecular formula is C25H40N4O7S2. The maximum Gasteiger partial charge on any atom is 0.410 e. The molecule has 38 heavy (non-hydrogen) atoms. The van der Waals surface area contributed by atoms with Gasteiger partial charge in [0.15, 0.2) is 0 Å². The van der Waals surface area contributed by atoms with Crippen LogP contribution in [0.2, 0.25) is 0 Å². The summed E-state index contributed by atoms with van der Waals surface area (Å²) in [6.45, 7) is 10.6. The Hall–Kier alpha value is -2.22. The van der Waals surface area contributed by atoms with Gasteiger partial charge in [-0.15, -0.1) is 0 Å². The predicted molar refractivity (Wildman–Crippen MR) is 142 cm³/mol. The molecule has 2 aliphatic rings. The second kappa shape index (κ2) is 11.9. The van der Waals surface area contributed by atoms with Crippen molar-refractivity contribution in [3.8, 4) is 0 Å². The van der Waals surface area contributed by atoms with E-state index in [2.05, 4.69) is 5.32 Å². The fourth-order valence-electron chi connectivity index (χ4n) is 4.71. The minimum atomic E-state index is -3.91. The van der Waals surface area contributed by atoms with Gasteiger partial charge in [-0.1, -0.05) is 13.8 Å². The summed E-state index contributed by atoms with van der Waals surface area (Å²) in [5.41, 5.74) is -0.602. The van der Waals surface area contributed by atoms with Crippen LogP contribution in [0.15, 0.2) is 34.1 Å². The van der Waals surface area contributed by atoms with Gasteiger partial charge in [-0.05, 0) is 64.3 Å². The maximum atomic E-state index is 13.3. The van der Waals surface area contributed by atoms with Gasteiger partial charge in [0, 0.05) is 45.3 Å². The van der Waals surface area contributed by atoms with Gasteiger partial charge in [-0.3, -0.25) is 4.79 Å². The number of amides is 2. The van der Waals surface area contributed by atoms with Crippen LogP contribution in [-0.2, 0) is 29.6 Å². The number of hydrogen-bond acceptors (Lipinski definition) is 7. The molecule has 3 rings (SSSR count). The van der Waals surface area contributed by atoms with Crippen LogP contribution in [-0.4, -0.2) is 93.3 Å². The van der Waals surface area contributed by atoms with E-state index in [1.807, 2.05) is 0 Å². The molecule has 11 nitrogen and oxygen atoms in total. The molecule has 2 atom stereocenters. The SMILES string of the molecule is CCN(CC)S(=O)(=O)c1ccc(S(=O)(=O)N2CCC[C@@H](C(=O)N[C@H]3CCN(C(=O)OC(C)(C)C)C3)C2)cc1. The highest BCUT2D eigenvalue weighted by Gasteiger charge is 2.36. The quantitative estimate of drug-likeness (QED) is 0.505. The number of nitrogens with one attached hydrogen (secondary N) is 1. The monoisotopic (exact) mass is 572 g/mol. The Bertz CT molecular complexity index is 1210. The van der Waals surface area contributed by atoms with Crippen molar-refractivity contribution in [3.63, 3.8) is 0 Å². The van der Waals surface area contributed by atoms with Crippen molar-refractivity contribution < 1.29 is 31.2 Å². The summed E-state index contributed by atoms with van der Waals surface area (Å²) in [4.78, 5) is 26.9. The zero-order valence-electron chi connectivity index (χ0n) is 22.8. The van der Waals surface area contributed by atoms with Crippen molar-refractivity contribution in [3.05, 3.63) is 24.3 Å². The van der Waals surface area contributed by atoms with Crippen molar-refractivity contribution in [2.45, 2.75) is 75.3 Å². The average molecular weight is 573 g/mol. The second-order valence-electron chi connectivity index (χ2n) is 10.7. The van der Waals surface area contributed by atoms with Crippen LogP contribution in [0.3, 0.4) is 0 Å². The van der Waals surface area contributed by atoms with E-state index in [-0.39, 0.29) is 34.8 Å². The highest BCUT2D eigenvalue weighted by Crippen LogP contribution is 2.26. The number of piperidine rings is 1. The van der Waals surface area contributed by atoms with Crippen molar-refractivity contribution in [1.29, 1.82) is 0 Å². The van der Waals surface area contributed by atoms with Gasteiger partial charge in [-0.2, -0.15) is 8.61 Å². The number of nitrogens with zero attached hydrogens (tertiary/aromatic N) is 3. The van der Waals surface area contributed by atoms with Crippen LogP contribution in [0.25, 0.3) is 0 Å². The molecule has 1 aromatic carbocycles. The highest BCUT2D eigenvalue weighted by molar-refractivity contribution is 7.89. The minimum absolute atomic E-state index is 0.0131. The lowest BCUT2D eigenvalue weighted by molar-refractivity contribution is -0.126. The van der Waals surface area contributed by atoms with Crippen LogP contribution in [0.5, 0.6) is 0 Å². The van der Waals surface area contributed by atoms with E-state index in [4.69, 9.17) is 4.74 Å². The van der Waals surface area contributed by atoms with Crippen LogP contribution in [0, 0.1) is 5.92 Å². The van der Waals surface area contributed by atoms with E-state index < -0.39 is 37.7 Å². The fraction of sp³-hybridized carbons (Fsp3) is 0.680. The Morgan fingerprint density at radius 3 is 2.16 bits per heavy atom. The van der Waals surface area contributed by atoms with Crippen molar-refractivity contribution >= 4 is 32.0 Å². The Kier molecular flexibility index (Phi) is 9.49. The van der Waals surface area contributed by atoms with E-state index in [1.54, 1.807) is 39.5 Å². The van der Waals surface area contributed by atoms with E-state index in [9.17, 15) is 26.4 Å². The Balaban J connectivity index is 1.62. The van der Waals surface area contributed by atoms with Gasteiger partial charge < -0.3 is 15.0 Å². The van der Waals surface area contributed by atoms with Gasteiger partial charge in [0.25, 0.3) is 0 Å². The van der Waals surface area contributed by atoms with Crippen LogP contribution < -0.4 is 5.32 Å². The fourth-order valence-corrected chi connectivity index (χ4v) is 7.69. The summed E-state index contributed by atoms with van der Waals surface area (Å²) < 4.78 is 60.1. The molecule has 2 fully saturated rings. The molecule has 0 aliphatic carbocycles. The first-order chi connectivity index (χ1) is 17.7. The molecule has 2 aliphatic heterocycles. The zero-order valence-corrected chi connectivity index (χ0v) is 24.5. The summed E-state index contributed by atoms with van der Waals surface area (Å²) in [6.07, 6.45) is 1.27. The minimum Gasteiger partial charge on any atom is -0.444 e. The Morgan fingerprint density at radius 2 is 1.58 bits per heavy atom. The Labute approximate surface area is 226 Å². The van der Waals surface area contributed by atoms with Gasteiger partial charge >= 0.3 is 6.09 Å². The number of sulfonamides is 2. The lowest BCUT2D eigenvalue weighted by Gasteiger charge is -2.32. The summed E-state index contributed by atoms with van der Waals surface area (Å²) in [7, 11) is -7.61. The number of carbonyl (C=O) groups is 2. The predicted octanol–water partition coefficient (Wildman–Crippen LogP) is 2.24. The first-order valence-corrected chi connectivity index (χ1v) is 16.0. The van der Waals surface area contributed by atoms with Gasteiger partial charge in [0.05, 0.1) is 15.7 Å². The molecule has 0 unspecified atom stereocenters. The summed E-state index contributed by atoms with van der Waals surface area (Å²) in [6, 6.07) is 5.01. The smallest absolute Gasteiger partial charge is 0.410 e. The first kappa shape index (κ1) is 30.3. The van der Waals surface area contributed by atoms with Crippen LogP contribution in [0.1, 0.15) is 53.9 Å². The molecule has 0 aromatic heterocycles. The summed E-state index contributed by atoms with van der Waals surface area (Å²) in [5, 5.41) is 2.97. The number of benzene rings is 1. The lowest BCUT2D eigenvalue weighted by atomic mass is 9.98. The molecule has 0 bridgehead atoms. The zero-order chi connectivity index (χ0) is 28.3. The first-order valence-electron chi connectivity index (χ1n) is 13.1. The average Bonchev–Trinajstić information content (AvgIpc) is 3.32. The molecule has 214 valence electrons. The number of hydrogen-bond donors (Lipinski definition) is 1. The van der Waals surface area contributed by atoms with Crippen molar-refractivity contribution in [1.82, 2.24) is 18.8 Å². The van der Waals surface area contributed by atoms with Gasteiger partial charge in [0.2, 0.25) is 26.0 Å². The van der Waals surface area contributed by atoms with E-state index in [1.165, 1.54) is 32.9 Å². The maximum absolute atomic E-state index is 13.3. The molecule has 2 saturated heterocycles. The lowest BCUT2D eigenvalue weighted by Crippen LogP contribution is -2.48. The molecule has 13 heteroatoms. The largest absolute Gasteiger partial charge is 0.444 e. The summed E-state index contributed by atoms with van der Waals surface area (Å²) >= 11 is 0. The molecule has 2 heterocycles. The number of rotatable bonds is 8. The molecule has 1 aromatic rings. The van der Waals surface area contributed by atoms with Crippen molar-refractivity contribution in [2.75, 3.05) is 39.3 Å². The van der Waals surface area contributed by atoms with E-state index in [0.29, 0.717) is 45.4 Å².